The Labute approximate surface area is 178 Å². The molecule has 0 bridgehead atoms. The van der Waals surface area contributed by atoms with Gasteiger partial charge in [-0.3, -0.25) is 0 Å². The fourth-order valence-corrected chi connectivity index (χ4v) is 5.10. The third-order valence-electron chi connectivity index (χ3n) is 5.33. The van der Waals surface area contributed by atoms with E-state index in [9.17, 15) is 0 Å². The van der Waals surface area contributed by atoms with E-state index in [1.165, 1.54) is 16.8 Å². The van der Waals surface area contributed by atoms with Gasteiger partial charge >= 0.3 is 179 Å². The number of methoxy groups -OCH3 is 1. The predicted molar refractivity (Wildman–Crippen MR) is 109 cm³/mol. The molecule has 0 saturated carbocycles. The van der Waals surface area contributed by atoms with E-state index < -0.39 is 0 Å². The summed E-state index contributed by atoms with van der Waals surface area (Å²) in [6, 6.07) is 15.1. The monoisotopic (exact) mass is 532 g/mol. The van der Waals surface area contributed by atoms with Crippen LogP contribution in [0.2, 0.25) is 0 Å². The SMILES string of the molecule is COc1ccccc1N1CCN(c2c(C(C)C)cccc2C(C)C)C1[NH][Hf]. The van der Waals surface area contributed by atoms with Crippen LogP contribution < -0.4 is 17.8 Å². The first-order valence-electron chi connectivity index (χ1n) is 9.71. The Morgan fingerprint density at radius 1 is 0.926 bits per heavy atom. The van der Waals surface area contributed by atoms with Crippen LogP contribution in [0.15, 0.2) is 42.5 Å². The number of rotatable bonds is 6. The van der Waals surface area contributed by atoms with E-state index in [2.05, 4.69) is 71.1 Å². The standard InChI is InChI=1S/C22H30N3O.Hf/c1-15(2)17-9-8-10-18(16(3)4)21(17)25-14-13-24(22(25)23)19-11-6-7-12-20(19)26-5;/h6-12,15-16,22-23H,13-14H2,1-5H3;/q-1;+1. The average molecular weight is 531 g/mol. The van der Waals surface area contributed by atoms with Crippen LogP contribution in [-0.2, 0) is 24.7 Å². The molecule has 27 heavy (non-hydrogen) atoms. The average Bonchev–Trinajstić information content (AvgIpc) is 3.10. The molecule has 3 rings (SSSR count). The second-order valence-electron chi connectivity index (χ2n) is 7.67. The minimum absolute atomic E-state index is 0.158. The van der Waals surface area contributed by atoms with E-state index in [0.717, 1.165) is 49.2 Å². The summed E-state index contributed by atoms with van der Waals surface area (Å²) in [5.74, 6) is 1.92. The zero-order valence-corrected chi connectivity index (χ0v) is 20.6. The van der Waals surface area contributed by atoms with Gasteiger partial charge in [-0.25, -0.2) is 0 Å². The molecule has 0 aromatic heterocycles. The fraction of sp³-hybridized carbons (Fsp3) is 0.455. The number of nitrogens with zero attached hydrogens (tertiary/aromatic N) is 2. The van der Waals surface area contributed by atoms with E-state index in [1.54, 1.807) is 7.11 Å². The van der Waals surface area contributed by atoms with Crippen LogP contribution in [0.5, 0.6) is 5.75 Å². The van der Waals surface area contributed by atoms with Crippen LogP contribution in [0, 0.1) is 0 Å². The normalized spacial score (nSPS) is 17.2. The summed E-state index contributed by atoms with van der Waals surface area (Å²) in [6.45, 7) is 11.1. The molecule has 0 aliphatic carbocycles. The zero-order chi connectivity index (χ0) is 19.6. The zero-order valence-electron chi connectivity index (χ0n) is 17.0. The molecule has 1 saturated heterocycles. The number of benzene rings is 2. The molecule has 0 radical (unpaired) electrons. The van der Waals surface area contributed by atoms with E-state index in [4.69, 9.17) is 4.74 Å². The number of para-hydroxylation sites is 3. The van der Waals surface area contributed by atoms with Gasteiger partial charge in [0.2, 0.25) is 0 Å². The van der Waals surface area contributed by atoms with Crippen molar-refractivity contribution in [2.24, 2.45) is 0 Å². The molecule has 0 amide bonds. The molecule has 1 fully saturated rings. The van der Waals surface area contributed by atoms with Crippen LogP contribution in [-0.4, -0.2) is 26.5 Å². The topological polar surface area (TPSA) is 27.7 Å². The van der Waals surface area contributed by atoms with Crippen molar-refractivity contribution in [3.63, 3.8) is 0 Å². The number of nitrogens with one attached hydrogen (secondary N) is 1. The molecule has 5 heteroatoms. The first-order chi connectivity index (χ1) is 13.0. The van der Waals surface area contributed by atoms with Gasteiger partial charge in [-0.2, -0.15) is 0 Å². The van der Waals surface area contributed by atoms with Gasteiger partial charge in [0, 0.05) is 0 Å². The van der Waals surface area contributed by atoms with Crippen molar-refractivity contribution in [3.8, 4) is 5.75 Å². The van der Waals surface area contributed by atoms with Crippen molar-refractivity contribution >= 4 is 11.4 Å². The number of hydrogen-bond donors (Lipinski definition) is 1. The van der Waals surface area contributed by atoms with Gasteiger partial charge < -0.3 is 0 Å². The Hall–Kier alpha value is -1.33. The predicted octanol–water partition coefficient (Wildman–Crippen LogP) is 4.60. The van der Waals surface area contributed by atoms with E-state index >= 15 is 0 Å². The summed E-state index contributed by atoms with van der Waals surface area (Å²) in [5, 5.41) is 0. The first kappa shape index (κ1) is 20.4. The van der Waals surface area contributed by atoms with Crippen molar-refractivity contribution in [3.05, 3.63) is 53.6 Å². The van der Waals surface area contributed by atoms with E-state index in [1.807, 2.05) is 12.1 Å². The molecule has 2 aromatic rings. The van der Waals surface area contributed by atoms with Crippen molar-refractivity contribution < 1.29 is 29.4 Å². The van der Waals surface area contributed by atoms with Gasteiger partial charge in [0.1, 0.15) is 0 Å². The van der Waals surface area contributed by atoms with Crippen LogP contribution in [0.3, 0.4) is 0 Å². The summed E-state index contributed by atoms with van der Waals surface area (Å²) >= 11 is 0.924. The molecule has 143 valence electrons. The molecule has 4 nitrogen and oxygen atoms in total. The Kier molecular flexibility index (Phi) is 6.64. The second kappa shape index (κ2) is 8.78. The summed E-state index contributed by atoms with van der Waals surface area (Å²) in [4.78, 5) is 5.00. The van der Waals surface area contributed by atoms with Crippen LogP contribution in [0.4, 0.5) is 11.4 Å². The second-order valence-corrected chi connectivity index (χ2v) is 8.71. The van der Waals surface area contributed by atoms with Gasteiger partial charge in [-0.05, 0) is 0 Å². The summed E-state index contributed by atoms with van der Waals surface area (Å²) in [5.41, 5.74) is 5.44. The first-order valence-corrected chi connectivity index (χ1v) is 11.5. The van der Waals surface area contributed by atoms with Gasteiger partial charge in [-0.1, -0.05) is 0 Å². The Morgan fingerprint density at radius 3 is 2.07 bits per heavy atom. The minimum atomic E-state index is 0.158. The molecular formula is C22H30HfN3O. The number of ether oxygens (including phenoxy) is 1. The summed E-state index contributed by atoms with van der Waals surface area (Å²) in [7, 11) is 1.75. The molecule has 2 aromatic carbocycles. The van der Waals surface area contributed by atoms with Crippen LogP contribution >= 0.6 is 0 Å². The van der Waals surface area contributed by atoms with Gasteiger partial charge in [0.15, 0.2) is 0 Å². The van der Waals surface area contributed by atoms with Crippen LogP contribution in [0.1, 0.15) is 50.7 Å². The molecular weight excluding hydrogens is 501 g/mol. The van der Waals surface area contributed by atoms with E-state index in [-0.39, 0.29) is 6.29 Å². The van der Waals surface area contributed by atoms with Crippen molar-refractivity contribution in [1.82, 2.24) is 3.30 Å². The fourth-order valence-electron chi connectivity index (χ4n) is 3.98. The summed E-state index contributed by atoms with van der Waals surface area (Å²) < 4.78 is 9.32. The van der Waals surface area contributed by atoms with Gasteiger partial charge in [0.25, 0.3) is 0 Å². The molecule has 1 aliphatic heterocycles. The number of hydrogen-bond acceptors (Lipinski definition) is 4. The maximum absolute atomic E-state index is 5.64. The Morgan fingerprint density at radius 2 is 1.52 bits per heavy atom. The Balaban J connectivity index is 2.06. The molecule has 1 unspecified atom stereocenters. The number of anilines is 2. The molecule has 0 spiro atoms. The van der Waals surface area contributed by atoms with Crippen LogP contribution in [0.25, 0.3) is 0 Å². The van der Waals surface area contributed by atoms with Crippen molar-refractivity contribution in [2.45, 2.75) is 45.8 Å². The van der Waals surface area contributed by atoms with E-state index in [0.29, 0.717) is 11.8 Å². The third-order valence-corrected chi connectivity index (χ3v) is 6.25. The van der Waals surface area contributed by atoms with Gasteiger partial charge in [-0.15, -0.1) is 0 Å². The summed E-state index contributed by atoms with van der Waals surface area (Å²) in [6.07, 6.45) is 0.158. The molecule has 1 N–H and O–H groups in total. The van der Waals surface area contributed by atoms with Crippen molar-refractivity contribution in [2.75, 3.05) is 30.0 Å². The van der Waals surface area contributed by atoms with Gasteiger partial charge in [0.05, 0.1) is 0 Å². The molecule has 1 aliphatic rings. The van der Waals surface area contributed by atoms with Crippen molar-refractivity contribution in [1.29, 1.82) is 0 Å². The molecule has 1 atom stereocenters. The quantitative estimate of drug-likeness (QED) is 0.552. The molecule has 1 heterocycles. The Bertz CT molecular complexity index is 752. The third kappa shape index (κ3) is 3.95. The maximum atomic E-state index is 5.64.